The Bertz CT molecular complexity index is 838. The largest absolute Gasteiger partial charge is 0.369 e. The van der Waals surface area contributed by atoms with Gasteiger partial charge in [0.1, 0.15) is 6.54 Å². The van der Waals surface area contributed by atoms with Crippen LogP contribution in [0, 0.1) is 0 Å². The summed E-state index contributed by atoms with van der Waals surface area (Å²) < 4.78 is 1.20. The van der Waals surface area contributed by atoms with Crippen LogP contribution in [0.25, 0.3) is 0 Å². The lowest BCUT2D eigenvalue weighted by molar-refractivity contribution is -0.122. The number of hydrogen-bond donors (Lipinski definition) is 1. The molecule has 0 saturated carbocycles. The number of carbonyl (C=O) groups is 1. The van der Waals surface area contributed by atoms with Gasteiger partial charge in [0.2, 0.25) is 5.91 Å². The van der Waals surface area contributed by atoms with Crippen molar-refractivity contribution in [3.8, 4) is 0 Å². The van der Waals surface area contributed by atoms with Crippen molar-refractivity contribution in [2.24, 2.45) is 0 Å². The molecule has 8 nitrogen and oxygen atoms in total. The highest BCUT2D eigenvalue weighted by atomic mass is 16.2. The van der Waals surface area contributed by atoms with E-state index >= 15 is 0 Å². The average molecular weight is 384 g/mol. The molecule has 3 heterocycles. The van der Waals surface area contributed by atoms with Gasteiger partial charge < -0.3 is 15.1 Å². The van der Waals surface area contributed by atoms with Crippen molar-refractivity contribution >= 4 is 11.6 Å². The standard InChI is InChI=1S/C20H28N6O2/c1-3-17(18-7-4-5-8-21-18)23-19(27)15-26-20(28)13-16(14-22-26)25-10-6-9-24(2)11-12-25/h4-5,7-8,13-14,17H,3,6,9-12,15H2,1-2H3,(H,23,27)/t17-/m1/s1. The van der Waals surface area contributed by atoms with E-state index in [2.05, 4.69) is 32.2 Å². The molecule has 1 N–H and O–H groups in total. The highest BCUT2D eigenvalue weighted by molar-refractivity contribution is 5.76. The van der Waals surface area contributed by atoms with Crippen molar-refractivity contribution < 1.29 is 4.79 Å². The van der Waals surface area contributed by atoms with E-state index in [0.717, 1.165) is 44.0 Å². The second-order valence-corrected chi connectivity index (χ2v) is 7.14. The first-order valence-electron chi connectivity index (χ1n) is 9.77. The lowest BCUT2D eigenvalue weighted by Gasteiger charge is -2.22. The van der Waals surface area contributed by atoms with Gasteiger partial charge in [0.05, 0.1) is 23.6 Å². The van der Waals surface area contributed by atoms with Crippen LogP contribution in [-0.2, 0) is 11.3 Å². The van der Waals surface area contributed by atoms with E-state index in [4.69, 9.17) is 0 Å². The smallest absolute Gasteiger partial charge is 0.269 e. The first-order valence-corrected chi connectivity index (χ1v) is 9.77. The maximum absolute atomic E-state index is 12.5. The number of rotatable bonds is 6. The molecule has 1 saturated heterocycles. The fraction of sp³-hybridized carbons (Fsp3) is 0.500. The highest BCUT2D eigenvalue weighted by Gasteiger charge is 2.17. The van der Waals surface area contributed by atoms with Gasteiger partial charge in [-0.15, -0.1) is 0 Å². The number of likely N-dealkylation sites (N-methyl/N-ethyl adjacent to an activating group) is 1. The summed E-state index contributed by atoms with van der Waals surface area (Å²) in [7, 11) is 2.10. The number of anilines is 1. The Balaban J connectivity index is 1.64. The van der Waals surface area contributed by atoms with Crippen molar-refractivity contribution in [1.29, 1.82) is 0 Å². The molecular formula is C20H28N6O2. The fourth-order valence-electron chi connectivity index (χ4n) is 3.36. The van der Waals surface area contributed by atoms with Crippen LogP contribution in [0.5, 0.6) is 0 Å². The van der Waals surface area contributed by atoms with Crippen LogP contribution in [-0.4, -0.2) is 58.8 Å². The van der Waals surface area contributed by atoms with E-state index in [0.29, 0.717) is 6.42 Å². The zero-order valence-corrected chi connectivity index (χ0v) is 16.5. The van der Waals surface area contributed by atoms with Gasteiger partial charge in [-0.05, 0) is 38.6 Å². The topological polar surface area (TPSA) is 83.4 Å². The molecule has 2 aromatic heterocycles. The molecule has 8 heteroatoms. The van der Waals surface area contributed by atoms with Gasteiger partial charge in [0.25, 0.3) is 5.56 Å². The molecule has 1 aliphatic rings. The number of pyridine rings is 1. The SMILES string of the molecule is CC[C@@H](NC(=O)Cn1ncc(N2CCCN(C)CC2)cc1=O)c1ccccn1. The number of carbonyl (C=O) groups excluding carboxylic acids is 1. The molecule has 1 aliphatic heterocycles. The zero-order valence-electron chi connectivity index (χ0n) is 16.5. The van der Waals surface area contributed by atoms with Crippen LogP contribution in [0.2, 0.25) is 0 Å². The third-order valence-electron chi connectivity index (χ3n) is 5.02. The molecule has 0 unspecified atom stereocenters. The predicted molar refractivity (Wildman–Crippen MR) is 108 cm³/mol. The third kappa shape index (κ3) is 5.16. The lowest BCUT2D eigenvalue weighted by Crippen LogP contribution is -2.36. The molecular weight excluding hydrogens is 356 g/mol. The maximum atomic E-state index is 12.5. The first kappa shape index (κ1) is 20.0. The summed E-state index contributed by atoms with van der Waals surface area (Å²) in [6, 6.07) is 7.00. The number of hydrogen-bond acceptors (Lipinski definition) is 6. The summed E-state index contributed by atoms with van der Waals surface area (Å²) in [6.07, 6.45) is 5.15. The molecule has 0 radical (unpaired) electrons. The second-order valence-electron chi connectivity index (χ2n) is 7.14. The van der Waals surface area contributed by atoms with Crippen LogP contribution >= 0.6 is 0 Å². The third-order valence-corrected chi connectivity index (χ3v) is 5.02. The zero-order chi connectivity index (χ0) is 19.9. The Morgan fingerprint density at radius 2 is 2.11 bits per heavy atom. The summed E-state index contributed by atoms with van der Waals surface area (Å²) in [5.41, 5.74) is 1.35. The van der Waals surface area contributed by atoms with E-state index in [1.807, 2.05) is 25.1 Å². The normalized spacial score (nSPS) is 16.4. The molecule has 0 aliphatic carbocycles. The minimum Gasteiger partial charge on any atom is -0.369 e. The second kappa shape index (κ2) is 9.45. The summed E-state index contributed by atoms with van der Waals surface area (Å²) >= 11 is 0. The Morgan fingerprint density at radius 1 is 1.25 bits per heavy atom. The lowest BCUT2D eigenvalue weighted by atomic mass is 10.1. The molecule has 1 atom stereocenters. The predicted octanol–water partition coefficient (Wildman–Crippen LogP) is 1.05. The van der Waals surface area contributed by atoms with Gasteiger partial charge in [0.15, 0.2) is 0 Å². The van der Waals surface area contributed by atoms with E-state index in [1.54, 1.807) is 18.5 Å². The fourth-order valence-corrected chi connectivity index (χ4v) is 3.36. The molecule has 150 valence electrons. The molecule has 2 aromatic rings. The number of aromatic nitrogens is 3. The van der Waals surface area contributed by atoms with Crippen molar-refractivity contribution in [3.05, 3.63) is 52.7 Å². The summed E-state index contributed by atoms with van der Waals surface area (Å²) in [4.78, 5) is 33.6. The monoisotopic (exact) mass is 384 g/mol. The Kier molecular flexibility index (Phi) is 6.76. The Labute approximate surface area is 165 Å². The van der Waals surface area contributed by atoms with E-state index < -0.39 is 0 Å². The summed E-state index contributed by atoms with van der Waals surface area (Å²) in [5.74, 6) is -0.253. The number of amides is 1. The average Bonchev–Trinajstić information content (AvgIpc) is 2.93. The van der Waals surface area contributed by atoms with Crippen LogP contribution in [0.3, 0.4) is 0 Å². The molecule has 1 amide bonds. The van der Waals surface area contributed by atoms with Crippen molar-refractivity contribution in [2.45, 2.75) is 32.4 Å². The van der Waals surface area contributed by atoms with Crippen LogP contribution < -0.4 is 15.8 Å². The van der Waals surface area contributed by atoms with Crippen molar-refractivity contribution in [2.75, 3.05) is 38.1 Å². The Morgan fingerprint density at radius 3 is 2.82 bits per heavy atom. The molecule has 1 fully saturated rings. The highest BCUT2D eigenvalue weighted by Crippen LogP contribution is 2.14. The minimum atomic E-state index is -0.267. The molecule has 0 spiro atoms. The molecule has 0 aromatic carbocycles. The number of nitrogens with one attached hydrogen (secondary N) is 1. The first-order chi connectivity index (χ1) is 13.6. The van der Waals surface area contributed by atoms with Crippen molar-refractivity contribution in [3.63, 3.8) is 0 Å². The van der Waals surface area contributed by atoms with Crippen molar-refractivity contribution in [1.82, 2.24) is 25.0 Å². The van der Waals surface area contributed by atoms with Crippen LogP contribution in [0.1, 0.15) is 31.5 Å². The van der Waals surface area contributed by atoms with Gasteiger partial charge in [-0.2, -0.15) is 5.10 Å². The van der Waals surface area contributed by atoms with E-state index in [9.17, 15) is 9.59 Å². The molecule has 0 bridgehead atoms. The van der Waals surface area contributed by atoms with Gasteiger partial charge >= 0.3 is 0 Å². The van der Waals surface area contributed by atoms with Crippen LogP contribution in [0.4, 0.5) is 5.69 Å². The van der Waals surface area contributed by atoms with Gasteiger partial charge in [-0.25, -0.2) is 4.68 Å². The van der Waals surface area contributed by atoms with Gasteiger partial charge in [0, 0.05) is 31.9 Å². The summed E-state index contributed by atoms with van der Waals surface area (Å²) in [5, 5.41) is 7.15. The molecule has 28 heavy (non-hydrogen) atoms. The van der Waals surface area contributed by atoms with Gasteiger partial charge in [-0.3, -0.25) is 14.6 Å². The summed E-state index contributed by atoms with van der Waals surface area (Å²) in [6.45, 7) is 5.65. The maximum Gasteiger partial charge on any atom is 0.269 e. The van der Waals surface area contributed by atoms with E-state index in [1.165, 1.54) is 4.68 Å². The minimum absolute atomic E-state index is 0.106. The number of nitrogens with zero attached hydrogens (tertiary/aromatic N) is 5. The van der Waals surface area contributed by atoms with Gasteiger partial charge in [-0.1, -0.05) is 13.0 Å². The van der Waals surface area contributed by atoms with Crippen LogP contribution in [0.15, 0.2) is 41.5 Å². The quantitative estimate of drug-likeness (QED) is 0.802. The van der Waals surface area contributed by atoms with E-state index in [-0.39, 0.29) is 24.1 Å². The molecule has 3 rings (SSSR count). The Hall–Kier alpha value is -2.74.